The average Bonchev–Trinajstić information content (AvgIpc) is 3.95. The van der Waals surface area contributed by atoms with Gasteiger partial charge in [0.05, 0.1) is 25.0 Å². The molecule has 1 aliphatic carbocycles. The van der Waals surface area contributed by atoms with Crippen LogP contribution < -0.4 is 0 Å². The second-order valence-electron chi connectivity index (χ2n) is 17.6. The Kier molecular flexibility index (Phi) is 36.2. The predicted molar refractivity (Wildman–Crippen MR) is 234 cm³/mol. The summed E-state index contributed by atoms with van der Waals surface area (Å²) >= 11 is 0. The van der Waals surface area contributed by atoms with Crippen molar-refractivity contribution in [2.24, 2.45) is 23.7 Å². The molecule has 0 aliphatic heterocycles. The monoisotopic (exact) mass is 778 g/mol. The Morgan fingerprint density at radius 3 is 1.16 bits per heavy atom. The van der Waals surface area contributed by atoms with E-state index in [1.807, 2.05) is 0 Å². The van der Waals surface area contributed by atoms with E-state index in [9.17, 15) is 14.7 Å². The number of unbranched alkanes of at least 4 members (excludes halogenated alkanes) is 22. The minimum Gasteiger partial charge on any atom is -0.465 e. The zero-order chi connectivity index (χ0) is 40.0. The van der Waals surface area contributed by atoms with Gasteiger partial charge in [0.2, 0.25) is 0 Å². The number of carbonyl (C=O) groups excluding carboxylic acids is 2. The van der Waals surface area contributed by atoms with Gasteiger partial charge in [0.25, 0.3) is 0 Å². The Morgan fingerprint density at radius 2 is 0.800 bits per heavy atom. The highest BCUT2D eigenvalue weighted by Crippen LogP contribution is 2.38. The lowest BCUT2D eigenvalue weighted by Gasteiger charge is -2.22. The lowest BCUT2D eigenvalue weighted by atomic mass is 9.94. The third-order valence-corrected chi connectivity index (χ3v) is 12.3. The van der Waals surface area contributed by atoms with E-state index in [4.69, 9.17) is 9.47 Å². The average molecular weight is 778 g/mol. The van der Waals surface area contributed by atoms with E-state index in [0.29, 0.717) is 31.7 Å². The Balaban J connectivity index is 2.32. The van der Waals surface area contributed by atoms with Crippen molar-refractivity contribution in [2.45, 2.75) is 240 Å². The molecule has 4 atom stereocenters. The van der Waals surface area contributed by atoms with Crippen molar-refractivity contribution < 1.29 is 24.2 Å². The van der Waals surface area contributed by atoms with Crippen LogP contribution in [0.1, 0.15) is 240 Å². The highest BCUT2D eigenvalue weighted by molar-refractivity contribution is 5.72. The third kappa shape index (κ3) is 30.6. The number of nitrogens with zero attached hydrogens (tertiary/aromatic N) is 1. The van der Waals surface area contributed by atoms with E-state index >= 15 is 0 Å². The van der Waals surface area contributed by atoms with Crippen LogP contribution in [0.5, 0.6) is 0 Å². The van der Waals surface area contributed by atoms with E-state index in [1.54, 1.807) is 0 Å². The summed E-state index contributed by atoms with van der Waals surface area (Å²) in [5, 5.41) is 9.63. The first-order valence-electron chi connectivity index (χ1n) is 24.7. The Labute approximate surface area is 342 Å². The number of carbonyl (C=O) groups is 2. The molecule has 0 aromatic rings. The Hall–Kier alpha value is -1.14. The number of aliphatic hydroxyl groups is 1. The summed E-state index contributed by atoms with van der Waals surface area (Å²) in [7, 11) is 0. The van der Waals surface area contributed by atoms with Gasteiger partial charge in [-0.3, -0.25) is 9.59 Å². The minimum atomic E-state index is 0.0581. The molecule has 4 unspecified atom stereocenters. The van der Waals surface area contributed by atoms with Gasteiger partial charge < -0.3 is 19.5 Å². The van der Waals surface area contributed by atoms with Crippen LogP contribution in [0.25, 0.3) is 0 Å². The van der Waals surface area contributed by atoms with Crippen LogP contribution in [0, 0.1) is 23.7 Å². The van der Waals surface area contributed by atoms with Crippen LogP contribution in [0.2, 0.25) is 0 Å². The first-order chi connectivity index (χ1) is 27.0. The van der Waals surface area contributed by atoms with E-state index in [0.717, 1.165) is 96.7 Å². The van der Waals surface area contributed by atoms with Crippen molar-refractivity contribution in [3.63, 3.8) is 0 Å². The summed E-state index contributed by atoms with van der Waals surface area (Å²) in [5.41, 5.74) is 0. The maximum Gasteiger partial charge on any atom is 0.308 e. The molecule has 0 saturated heterocycles. The fourth-order valence-corrected chi connectivity index (χ4v) is 8.28. The molecule has 0 spiro atoms. The normalized spacial score (nSPS) is 16.4. The predicted octanol–water partition coefficient (Wildman–Crippen LogP) is 13.8. The molecule has 1 N–H and O–H groups in total. The first kappa shape index (κ1) is 51.9. The number of rotatable bonds is 43. The molecular formula is C49H95NO5. The summed E-state index contributed by atoms with van der Waals surface area (Å²) in [6.07, 6.45) is 39.0. The van der Waals surface area contributed by atoms with Crippen LogP contribution in [-0.4, -0.2) is 61.4 Å². The zero-order valence-corrected chi connectivity index (χ0v) is 37.4. The number of aliphatic hydroxyl groups excluding tert-OH is 1. The first-order valence-corrected chi connectivity index (χ1v) is 24.7. The lowest BCUT2D eigenvalue weighted by Crippen LogP contribution is -2.29. The molecule has 1 saturated carbocycles. The van der Waals surface area contributed by atoms with Crippen molar-refractivity contribution in [3.05, 3.63) is 0 Å². The fourth-order valence-electron chi connectivity index (χ4n) is 8.28. The quantitative estimate of drug-likeness (QED) is 0.0491. The number of hydrogen-bond donors (Lipinski definition) is 1. The van der Waals surface area contributed by atoms with Crippen molar-refractivity contribution >= 4 is 11.9 Å². The van der Waals surface area contributed by atoms with E-state index in [1.165, 1.54) is 135 Å². The van der Waals surface area contributed by atoms with Gasteiger partial charge in [0, 0.05) is 13.2 Å². The molecule has 1 fully saturated rings. The van der Waals surface area contributed by atoms with Crippen molar-refractivity contribution in [1.29, 1.82) is 0 Å². The van der Waals surface area contributed by atoms with Crippen molar-refractivity contribution in [3.8, 4) is 0 Å². The molecule has 326 valence electrons. The van der Waals surface area contributed by atoms with Gasteiger partial charge in [-0.25, -0.2) is 0 Å². The van der Waals surface area contributed by atoms with Gasteiger partial charge >= 0.3 is 11.9 Å². The van der Waals surface area contributed by atoms with Crippen LogP contribution >= 0.6 is 0 Å². The van der Waals surface area contributed by atoms with Gasteiger partial charge in [0.1, 0.15) is 0 Å². The highest BCUT2D eigenvalue weighted by atomic mass is 16.5. The molecule has 6 nitrogen and oxygen atoms in total. The molecule has 6 heteroatoms. The topological polar surface area (TPSA) is 76.1 Å². The SMILES string of the molecule is CCCCCCCCC(CCCCCC)C(=O)OCCCCCCN(CCCCCCOC(=O)C(CCCCCC)CCCCCCCC)CC1CC1CO. The van der Waals surface area contributed by atoms with E-state index < -0.39 is 0 Å². The van der Waals surface area contributed by atoms with Gasteiger partial charge in [-0.2, -0.15) is 0 Å². The van der Waals surface area contributed by atoms with Gasteiger partial charge in [0.15, 0.2) is 0 Å². The fraction of sp³-hybridized carbons (Fsp3) is 0.959. The summed E-state index contributed by atoms with van der Waals surface area (Å²) < 4.78 is 11.7. The zero-order valence-electron chi connectivity index (χ0n) is 37.4. The molecule has 1 rings (SSSR count). The summed E-state index contributed by atoms with van der Waals surface area (Å²) in [5.74, 6) is 1.45. The van der Waals surface area contributed by atoms with Crippen LogP contribution in [0.15, 0.2) is 0 Å². The number of hydrogen-bond acceptors (Lipinski definition) is 6. The van der Waals surface area contributed by atoms with Crippen LogP contribution in [-0.2, 0) is 19.1 Å². The minimum absolute atomic E-state index is 0.0581. The molecule has 0 aromatic carbocycles. The molecule has 0 amide bonds. The third-order valence-electron chi connectivity index (χ3n) is 12.3. The molecule has 0 heterocycles. The smallest absolute Gasteiger partial charge is 0.308 e. The van der Waals surface area contributed by atoms with Crippen molar-refractivity contribution in [2.75, 3.05) is 39.5 Å². The second-order valence-corrected chi connectivity index (χ2v) is 17.6. The number of esters is 2. The maximum atomic E-state index is 13.0. The molecule has 0 aromatic heterocycles. The van der Waals surface area contributed by atoms with Crippen LogP contribution in [0.4, 0.5) is 0 Å². The lowest BCUT2D eigenvalue weighted by molar-refractivity contribution is -0.150. The highest BCUT2D eigenvalue weighted by Gasteiger charge is 2.37. The summed E-state index contributed by atoms with van der Waals surface area (Å²) in [6.45, 7) is 13.8. The van der Waals surface area contributed by atoms with E-state index in [2.05, 4.69) is 32.6 Å². The Morgan fingerprint density at radius 1 is 0.473 bits per heavy atom. The molecule has 0 bridgehead atoms. The second kappa shape index (κ2) is 38.4. The standard InChI is InChI=1S/C49H95NO5/c1-5-9-13-17-19-27-35-44(33-25-15-11-7-3)48(52)54-39-31-23-21-29-37-50(42-46-41-47(46)43-51)38-30-22-24-32-40-55-49(53)45(34-26-16-12-8-4)36-28-20-18-14-10-6-2/h44-47,51H,5-43H2,1-4H3. The summed E-state index contributed by atoms with van der Waals surface area (Å²) in [6, 6.07) is 0. The largest absolute Gasteiger partial charge is 0.465 e. The molecule has 55 heavy (non-hydrogen) atoms. The Bertz CT molecular complexity index is 793. The van der Waals surface area contributed by atoms with E-state index in [-0.39, 0.29) is 23.8 Å². The molecule has 1 aliphatic rings. The maximum absolute atomic E-state index is 13.0. The van der Waals surface area contributed by atoms with Gasteiger partial charge in [-0.15, -0.1) is 0 Å². The molecular weight excluding hydrogens is 683 g/mol. The van der Waals surface area contributed by atoms with Crippen molar-refractivity contribution in [1.82, 2.24) is 4.90 Å². The number of ether oxygens (including phenoxy) is 2. The molecule has 0 radical (unpaired) electrons. The van der Waals surface area contributed by atoms with Crippen LogP contribution in [0.3, 0.4) is 0 Å². The van der Waals surface area contributed by atoms with Gasteiger partial charge in [-0.05, 0) is 82.7 Å². The van der Waals surface area contributed by atoms with Gasteiger partial charge in [-0.1, -0.05) is 182 Å². The summed E-state index contributed by atoms with van der Waals surface area (Å²) in [4.78, 5) is 28.6.